The maximum absolute atomic E-state index is 11.5. The minimum atomic E-state index is -1.06. The Kier molecular flexibility index (Phi) is 6.96. The van der Waals surface area contributed by atoms with Crippen LogP contribution in [0.4, 0.5) is 4.79 Å². The molecular weight excluding hydrogens is 280 g/mol. The Balaban J connectivity index is 2.14. The van der Waals surface area contributed by atoms with E-state index in [0.29, 0.717) is 11.6 Å². The Labute approximate surface area is 122 Å². The van der Waals surface area contributed by atoms with Crippen LogP contribution in [0.3, 0.4) is 0 Å². The smallest absolute Gasteiger partial charge is 0.355 e. The van der Waals surface area contributed by atoms with Crippen molar-refractivity contribution in [3.05, 3.63) is 16.1 Å². The topological polar surface area (TPSA) is 94.6 Å². The molecule has 0 fully saturated rings. The molecule has 1 aromatic heterocycles. The fraction of sp³-hybridized carbons (Fsp3) is 0.583. The van der Waals surface area contributed by atoms with E-state index in [9.17, 15) is 9.59 Å². The number of carbonyl (C=O) groups excluding carboxylic acids is 1. The molecule has 0 aromatic carbocycles. The molecule has 0 atom stereocenters. The molecule has 1 aromatic rings. The zero-order valence-corrected chi connectivity index (χ0v) is 12.5. The highest BCUT2D eigenvalue weighted by atomic mass is 32.1. The number of amides is 2. The highest BCUT2D eigenvalue weighted by Gasteiger charge is 2.09. The van der Waals surface area contributed by atoms with Gasteiger partial charge in [0.05, 0.1) is 6.54 Å². The predicted molar refractivity (Wildman–Crippen MR) is 77.1 cm³/mol. The van der Waals surface area contributed by atoms with Crippen molar-refractivity contribution in [2.75, 3.05) is 27.2 Å². The number of thiazole rings is 1. The second kappa shape index (κ2) is 8.49. The standard InChI is InChI=1S/C12H20N4O3S/c1-16(2)6-4-3-5-13-12(19)14-7-10-15-9(8-20-10)11(17)18/h8H,3-7H2,1-2H3,(H,17,18)(H2,13,14,19). The largest absolute Gasteiger partial charge is 0.476 e. The monoisotopic (exact) mass is 300 g/mol. The van der Waals surface area contributed by atoms with Gasteiger partial charge < -0.3 is 20.6 Å². The highest BCUT2D eigenvalue weighted by Crippen LogP contribution is 2.09. The van der Waals surface area contributed by atoms with Crippen LogP contribution in [-0.4, -0.2) is 54.2 Å². The van der Waals surface area contributed by atoms with Gasteiger partial charge >= 0.3 is 12.0 Å². The van der Waals surface area contributed by atoms with Crippen LogP contribution in [0.2, 0.25) is 0 Å². The zero-order chi connectivity index (χ0) is 15.0. The number of carboxylic acid groups (broad SMARTS) is 1. The Hall–Kier alpha value is -1.67. The lowest BCUT2D eigenvalue weighted by atomic mass is 10.3. The van der Waals surface area contributed by atoms with Gasteiger partial charge in [-0.05, 0) is 33.5 Å². The average molecular weight is 300 g/mol. The van der Waals surface area contributed by atoms with Crippen molar-refractivity contribution in [2.45, 2.75) is 19.4 Å². The molecule has 0 aliphatic rings. The maximum atomic E-state index is 11.5. The van der Waals surface area contributed by atoms with Crippen molar-refractivity contribution in [2.24, 2.45) is 0 Å². The molecule has 0 saturated heterocycles. The van der Waals surface area contributed by atoms with Crippen LogP contribution < -0.4 is 10.6 Å². The van der Waals surface area contributed by atoms with Gasteiger partial charge in [-0.2, -0.15) is 0 Å². The molecule has 3 N–H and O–H groups in total. The van der Waals surface area contributed by atoms with Gasteiger partial charge in [0.1, 0.15) is 5.01 Å². The fourth-order valence-electron chi connectivity index (χ4n) is 1.46. The summed E-state index contributed by atoms with van der Waals surface area (Å²) in [6, 6.07) is -0.262. The van der Waals surface area contributed by atoms with Gasteiger partial charge in [0.2, 0.25) is 0 Å². The number of hydrogen-bond acceptors (Lipinski definition) is 5. The lowest BCUT2D eigenvalue weighted by Gasteiger charge is -2.09. The van der Waals surface area contributed by atoms with Crippen LogP contribution >= 0.6 is 11.3 Å². The fourth-order valence-corrected chi connectivity index (χ4v) is 2.17. The van der Waals surface area contributed by atoms with Gasteiger partial charge in [-0.25, -0.2) is 14.6 Å². The SMILES string of the molecule is CN(C)CCCCNC(=O)NCc1nc(C(=O)O)cs1. The van der Waals surface area contributed by atoms with E-state index in [4.69, 9.17) is 5.11 Å². The third-order valence-electron chi connectivity index (χ3n) is 2.49. The number of urea groups is 1. The first-order valence-corrected chi connectivity index (χ1v) is 7.21. The lowest BCUT2D eigenvalue weighted by Crippen LogP contribution is -2.35. The van der Waals surface area contributed by atoms with Crippen molar-refractivity contribution >= 4 is 23.3 Å². The molecule has 0 aliphatic heterocycles. The third kappa shape index (κ3) is 6.48. The summed E-state index contributed by atoms with van der Waals surface area (Å²) < 4.78 is 0. The zero-order valence-electron chi connectivity index (χ0n) is 11.7. The normalized spacial score (nSPS) is 10.6. The third-order valence-corrected chi connectivity index (χ3v) is 3.34. The van der Waals surface area contributed by atoms with E-state index in [0.717, 1.165) is 19.4 Å². The molecule has 1 heterocycles. The van der Waals surface area contributed by atoms with Crippen LogP contribution in [0.5, 0.6) is 0 Å². The minimum Gasteiger partial charge on any atom is -0.476 e. The molecule has 2 amide bonds. The summed E-state index contributed by atoms with van der Waals surface area (Å²) in [5.41, 5.74) is 0.0101. The van der Waals surface area contributed by atoms with E-state index >= 15 is 0 Å². The van der Waals surface area contributed by atoms with E-state index in [1.165, 1.54) is 16.7 Å². The van der Waals surface area contributed by atoms with E-state index in [-0.39, 0.29) is 18.3 Å². The van der Waals surface area contributed by atoms with Crippen LogP contribution in [-0.2, 0) is 6.54 Å². The number of hydrogen-bond donors (Lipinski definition) is 3. The second-order valence-corrected chi connectivity index (χ2v) is 5.49. The number of rotatable bonds is 8. The molecule has 0 radical (unpaired) electrons. The highest BCUT2D eigenvalue weighted by molar-refractivity contribution is 7.09. The molecule has 0 bridgehead atoms. The summed E-state index contributed by atoms with van der Waals surface area (Å²) >= 11 is 1.22. The van der Waals surface area contributed by atoms with Crippen molar-refractivity contribution < 1.29 is 14.7 Å². The van der Waals surface area contributed by atoms with Crippen molar-refractivity contribution in [3.8, 4) is 0 Å². The van der Waals surface area contributed by atoms with E-state index < -0.39 is 5.97 Å². The molecule has 7 nitrogen and oxygen atoms in total. The molecule has 0 saturated carbocycles. The number of carboxylic acids is 1. The number of aromatic nitrogens is 1. The number of nitrogens with zero attached hydrogens (tertiary/aromatic N) is 2. The molecule has 8 heteroatoms. The minimum absolute atomic E-state index is 0.0101. The first-order chi connectivity index (χ1) is 9.49. The maximum Gasteiger partial charge on any atom is 0.355 e. The first kappa shape index (κ1) is 16.4. The number of aromatic carboxylic acids is 1. The Bertz CT molecular complexity index is 448. The lowest BCUT2D eigenvalue weighted by molar-refractivity contribution is 0.0691. The van der Waals surface area contributed by atoms with Gasteiger partial charge in [0.25, 0.3) is 0 Å². The van der Waals surface area contributed by atoms with E-state index in [1.807, 2.05) is 14.1 Å². The molecule has 0 aliphatic carbocycles. The van der Waals surface area contributed by atoms with Gasteiger partial charge in [0, 0.05) is 11.9 Å². The molecule has 0 unspecified atom stereocenters. The van der Waals surface area contributed by atoms with Gasteiger partial charge in [0.15, 0.2) is 5.69 Å². The van der Waals surface area contributed by atoms with Crippen LogP contribution in [0.1, 0.15) is 28.3 Å². The molecule has 20 heavy (non-hydrogen) atoms. The number of unbranched alkanes of at least 4 members (excludes halogenated alkanes) is 1. The van der Waals surface area contributed by atoms with Crippen molar-refractivity contribution in [1.29, 1.82) is 0 Å². The van der Waals surface area contributed by atoms with E-state index in [1.54, 1.807) is 0 Å². The predicted octanol–water partition coefficient (Wildman–Crippen LogP) is 0.982. The van der Waals surface area contributed by atoms with Gasteiger partial charge in [-0.15, -0.1) is 11.3 Å². The molecular formula is C12H20N4O3S. The quantitative estimate of drug-likeness (QED) is 0.622. The summed E-state index contributed by atoms with van der Waals surface area (Å²) in [4.78, 5) is 28.1. The Morgan fingerprint density at radius 2 is 2.10 bits per heavy atom. The average Bonchev–Trinajstić information content (AvgIpc) is 2.84. The summed E-state index contributed by atoms with van der Waals surface area (Å²) in [6.45, 7) is 1.86. The van der Waals surface area contributed by atoms with Crippen LogP contribution in [0, 0.1) is 0 Å². The molecule has 112 valence electrons. The first-order valence-electron chi connectivity index (χ1n) is 6.33. The Morgan fingerprint density at radius 1 is 1.35 bits per heavy atom. The summed E-state index contributed by atoms with van der Waals surface area (Å²) in [6.07, 6.45) is 1.95. The van der Waals surface area contributed by atoms with Crippen molar-refractivity contribution in [1.82, 2.24) is 20.5 Å². The van der Waals surface area contributed by atoms with E-state index in [2.05, 4.69) is 20.5 Å². The summed E-state index contributed by atoms with van der Waals surface area (Å²) in [7, 11) is 4.03. The van der Waals surface area contributed by atoms with Gasteiger partial charge in [-0.1, -0.05) is 0 Å². The second-order valence-electron chi connectivity index (χ2n) is 4.55. The molecule has 0 spiro atoms. The summed E-state index contributed by atoms with van der Waals surface area (Å²) in [5.74, 6) is -1.06. The summed E-state index contributed by atoms with van der Waals surface area (Å²) in [5, 5.41) is 16.1. The van der Waals surface area contributed by atoms with Gasteiger partial charge in [-0.3, -0.25) is 0 Å². The van der Waals surface area contributed by atoms with Crippen LogP contribution in [0.15, 0.2) is 5.38 Å². The number of nitrogens with one attached hydrogen (secondary N) is 2. The van der Waals surface area contributed by atoms with Crippen molar-refractivity contribution in [3.63, 3.8) is 0 Å². The molecule has 1 rings (SSSR count). The van der Waals surface area contributed by atoms with Crippen LogP contribution in [0.25, 0.3) is 0 Å². The Morgan fingerprint density at radius 3 is 2.70 bits per heavy atom. The number of carbonyl (C=O) groups is 2.